The number of ether oxygens (including phenoxy) is 1. The van der Waals surface area contributed by atoms with E-state index in [1.54, 1.807) is 7.11 Å². The smallest absolute Gasteiger partial charge is 0.353 e. The Hall–Kier alpha value is -1.31. The van der Waals surface area contributed by atoms with Crippen LogP contribution in [0.25, 0.3) is 0 Å². The minimum absolute atomic E-state index is 0.648. The van der Waals surface area contributed by atoms with E-state index in [4.69, 9.17) is 9.16 Å². The highest BCUT2D eigenvalue weighted by molar-refractivity contribution is 6.07. The molecule has 0 aromatic rings. The average Bonchev–Trinajstić information content (AvgIpc) is 2.09. The van der Waals surface area contributed by atoms with Crippen LogP contribution in [0.1, 0.15) is 6.92 Å². The second kappa shape index (κ2) is 3.90. The monoisotopic (exact) mass is 165 g/mol. The molecule has 0 saturated heterocycles. The standard InChI is InChI=1S/C10H13O2/c1-4-12-10-7-9(11-3)6-5-8(10)2/h5-7H,2,4H2,1,3H3/q+1. The lowest BCUT2D eigenvalue weighted by atomic mass is 10.1. The molecule has 0 saturated carbocycles. The van der Waals surface area contributed by atoms with Crippen molar-refractivity contribution in [3.8, 4) is 0 Å². The molecule has 0 heterocycles. The Labute approximate surface area is 72.5 Å². The fourth-order valence-electron chi connectivity index (χ4n) is 0.952. The Kier molecular flexibility index (Phi) is 2.86. The summed E-state index contributed by atoms with van der Waals surface area (Å²) in [4.78, 5) is 0. The summed E-state index contributed by atoms with van der Waals surface area (Å²) in [5.41, 5.74) is 0.887. The van der Waals surface area contributed by atoms with Gasteiger partial charge in [-0.25, -0.2) is 0 Å². The van der Waals surface area contributed by atoms with Crippen LogP contribution in [0.3, 0.4) is 0 Å². The Balaban J connectivity index is 2.88. The lowest BCUT2D eigenvalue weighted by Gasteiger charge is -2.02. The highest BCUT2D eigenvalue weighted by atomic mass is 16.5. The number of rotatable bonds is 2. The van der Waals surface area contributed by atoms with Gasteiger partial charge in [-0.05, 0) is 12.2 Å². The second-order valence-electron chi connectivity index (χ2n) is 2.41. The van der Waals surface area contributed by atoms with Crippen molar-refractivity contribution in [1.29, 1.82) is 0 Å². The third-order valence-corrected chi connectivity index (χ3v) is 1.57. The van der Waals surface area contributed by atoms with Crippen LogP contribution >= 0.6 is 0 Å². The summed E-state index contributed by atoms with van der Waals surface area (Å²) < 4.78 is 10.4. The normalized spacial score (nSPS) is 19.7. The molecular weight excluding hydrogens is 152 g/mol. The molecule has 0 aliphatic heterocycles. The highest BCUT2D eigenvalue weighted by Crippen LogP contribution is 2.11. The first-order valence-electron chi connectivity index (χ1n) is 3.90. The van der Waals surface area contributed by atoms with E-state index < -0.39 is 0 Å². The molecule has 0 spiro atoms. The summed E-state index contributed by atoms with van der Waals surface area (Å²) in [5.74, 6) is 1.59. The van der Waals surface area contributed by atoms with Crippen LogP contribution in [0, 0.1) is 0 Å². The van der Waals surface area contributed by atoms with Crippen LogP contribution < -0.4 is 0 Å². The lowest BCUT2D eigenvalue weighted by molar-refractivity contribution is -0.450. The van der Waals surface area contributed by atoms with Gasteiger partial charge in [-0.15, -0.1) is 0 Å². The largest absolute Gasteiger partial charge is 0.496 e. The van der Waals surface area contributed by atoms with E-state index in [-0.39, 0.29) is 0 Å². The Morgan fingerprint density at radius 3 is 2.83 bits per heavy atom. The van der Waals surface area contributed by atoms with Gasteiger partial charge in [0.2, 0.25) is 0 Å². The van der Waals surface area contributed by atoms with E-state index in [9.17, 15) is 0 Å². The zero-order chi connectivity index (χ0) is 8.97. The molecule has 12 heavy (non-hydrogen) atoms. The van der Waals surface area contributed by atoms with Crippen molar-refractivity contribution in [3.05, 3.63) is 36.1 Å². The molecule has 0 radical (unpaired) electrons. The fourth-order valence-corrected chi connectivity index (χ4v) is 0.952. The molecule has 0 unspecified atom stereocenters. The maximum Gasteiger partial charge on any atom is 0.353 e. The molecule has 1 rings (SSSR count). The molecule has 0 aromatic heterocycles. The molecule has 0 amide bonds. The SMILES string of the molecule is C=C1C=CC(OC)=CC1=[O+]CC. The number of ketones is 1. The molecule has 1 aliphatic rings. The first-order valence-corrected chi connectivity index (χ1v) is 3.90. The van der Waals surface area contributed by atoms with E-state index in [1.807, 2.05) is 25.2 Å². The summed E-state index contributed by atoms with van der Waals surface area (Å²) in [6, 6.07) is 0. The molecule has 64 valence electrons. The molecule has 0 atom stereocenters. The lowest BCUT2D eigenvalue weighted by Crippen LogP contribution is -2.06. The molecule has 2 heteroatoms. The zero-order valence-corrected chi connectivity index (χ0v) is 7.46. The maximum atomic E-state index is 5.34. The number of methoxy groups -OCH3 is 1. The van der Waals surface area contributed by atoms with Crippen LogP contribution in [0.15, 0.2) is 36.1 Å². The summed E-state index contributed by atoms with van der Waals surface area (Å²) in [7, 11) is 1.63. The Morgan fingerprint density at radius 1 is 1.50 bits per heavy atom. The molecule has 1 aliphatic carbocycles. The van der Waals surface area contributed by atoms with Gasteiger partial charge in [-0.3, -0.25) is 4.42 Å². The molecular formula is C10H13O2+. The third kappa shape index (κ3) is 1.84. The predicted molar refractivity (Wildman–Crippen MR) is 48.9 cm³/mol. The van der Waals surface area contributed by atoms with Crippen molar-refractivity contribution in [2.24, 2.45) is 0 Å². The van der Waals surface area contributed by atoms with Crippen molar-refractivity contribution in [2.45, 2.75) is 6.92 Å². The Morgan fingerprint density at radius 2 is 2.25 bits per heavy atom. The van der Waals surface area contributed by atoms with Crippen LogP contribution in [0.4, 0.5) is 0 Å². The van der Waals surface area contributed by atoms with Crippen LogP contribution in [0.5, 0.6) is 0 Å². The van der Waals surface area contributed by atoms with E-state index in [1.165, 1.54) is 0 Å². The Bertz CT molecular complexity index is 270. The van der Waals surface area contributed by atoms with E-state index in [2.05, 4.69) is 6.58 Å². The van der Waals surface area contributed by atoms with E-state index in [0.29, 0.717) is 6.61 Å². The van der Waals surface area contributed by atoms with Crippen molar-refractivity contribution >= 4 is 5.78 Å². The van der Waals surface area contributed by atoms with E-state index in [0.717, 1.165) is 17.1 Å². The predicted octanol–water partition coefficient (Wildman–Crippen LogP) is 1.77. The first kappa shape index (κ1) is 8.78. The van der Waals surface area contributed by atoms with Crippen molar-refractivity contribution < 1.29 is 9.16 Å². The second-order valence-corrected chi connectivity index (χ2v) is 2.41. The summed E-state index contributed by atoms with van der Waals surface area (Å²) >= 11 is 0. The van der Waals surface area contributed by atoms with E-state index >= 15 is 0 Å². The summed E-state index contributed by atoms with van der Waals surface area (Å²) in [6.45, 7) is 6.43. The van der Waals surface area contributed by atoms with Gasteiger partial charge in [-0.2, -0.15) is 0 Å². The van der Waals surface area contributed by atoms with Gasteiger partial charge in [0.25, 0.3) is 6.61 Å². The first-order chi connectivity index (χ1) is 5.77. The molecule has 2 nitrogen and oxygen atoms in total. The van der Waals surface area contributed by atoms with Crippen LogP contribution in [-0.2, 0) is 9.16 Å². The highest BCUT2D eigenvalue weighted by Gasteiger charge is 2.16. The van der Waals surface area contributed by atoms with Gasteiger partial charge in [-0.1, -0.05) is 6.58 Å². The molecule has 0 aromatic carbocycles. The van der Waals surface area contributed by atoms with Gasteiger partial charge in [0.15, 0.2) is 0 Å². The van der Waals surface area contributed by atoms with Gasteiger partial charge < -0.3 is 4.74 Å². The van der Waals surface area contributed by atoms with Gasteiger partial charge >= 0.3 is 5.78 Å². The number of hydrogen-bond acceptors (Lipinski definition) is 1. The van der Waals surface area contributed by atoms with Gasteiger partial charge in [0.1, 0.15) is 5.76 Å². The zero-order valence-electron chi connectivity index (χ0n) is 7.46. The summed E-state index contributed by atoms with van der Waals surface area (Å²) in [6.07, 6.45) is 5.58. The number of hydrogen-bond donors (Lipinski definition) is 0. The van der Waals surface area contributed by atoms with Crippen LogP contribution in [-0.4, -0.2) is 19.5 Å². The minimum atomic E-state index is 0.648. The van der Waals surface area contributed by atoms with Crippen LogP contribution in [0.2, 0.25) is 0 Å². The maximum absolute atomic E-state index is 5.34. The van der Waals surface area contributed by atoms with Crippen molar-refractivity contribution in [1.82, 2.24) is 0 Å². The third-order valence-electron chi connectivity index (χ3n) is 1.57. The quantitative estimate of drug-likeness (QED) is 0.451. The van der Waals surface area contributed by atoms with Gasteiger partial charge in [0.05, 0.1) is 18.8 Å². The average molecular weight is 165 g/mol. The molecule has 0 bridgehead atoms. The number of allylic oxidation sites excluding steroid dienone is 4. The summed E-state index contributed by atoms with van der Waals surface area (Å²) in [5, 5.41) is 0. The van der Waals surface area contributed by atoms with Crippen molar-refractivity contribution in [2.75, 3.05) is 13.7 Å². The molecule has 0 fully saturated rings. The van der Waals surface area contributed by atoms with Crippen molar-refractivity contribution in [3.63, 3.8) is 0 Å². The minimum Gasteiger partial charge on any atom is -0.496 e. The fraction of sp³-hybridized carbons (Fsp3) is 0.300. The topological polar surface area (TPSA) is 20.5 Å². The van der Waals surface area contributed by atoms with Gasteiger partial charge in [0, 0.05) is 6.92 Å². The molecule has 0 N–H and O–H groups in total. The number of carbonyl (C=O) groups excluding carboxylic acids is 1.